The van der Waals surface area contributed by atoms with Gasteiger partial charge in [-0.1, -0.05) is 26.2 Å². The Bertz CT molecular complexity index is 319. The van der Waals surface area contributed by atoms with Crippen molar-refractivity contribution in [3.8, 4) is 0 Å². The van der Waals surface area contributed by atoms with Gasteiger partial charge in [-0.05, 0) is 39.0 Å². The molecule has 0 aromatic carbocycles. The smallest absolute Gasteiger partial charge is 0.0647 e. The largest absolute Gasteiger partial charge is 0.380 e. The van der Waals surface area contributed by atoms with Crippen LogP contribution in [0.25, 0.3) is 0 Å². The fourth-order valence-corrected chi connectivity index (χ4v) is 4.66. The molecule has 0 aromatic rings. The summed E-state index contributed by atoms with van der Waals surface area (Å²) in [5.74, 6) is 0. The summed E-state index contributed by atoms with van der Waals surface area (Å²) >= 11 is 0. The van der Waals surface area contributed by atoms with Crippen molar-refractivity contribution in [3.05, 3.63) is 0 Å². The molecule has 3 fully saturated rings. The van der Waals surface area contributed by atoms with E-state index in [9.17, 15) is 0 Å². The van der Waals surface area contributed by atoms with Crippen LogP contribution >= 0.6 is 0 Å². The Labute approximate surface area is 124 Å². The fraction of sp³-hybridized carbons (Fsp3) is 1.00. The minimum atomic E-state index is 0.269. The number of hydrogen-bond acceptors (Lipinski definition) is 3. The first-order valence-electron chi connectivity index (χ1n) is 8.77. The number of hydrogen-bond donors (Lipinski definition) is 1. The average molecular weight is 280 g/mol. The molecule has 1 saturated carbocycles. The molecule has 2 atom stereocenters. The SMILES string of the molecule is CCC1CNC2(CCCCC2)CN1C1(C)CCCOC1. The van der Waals surface area contributed by atoms with Crippen LogP contribution in [0.15, 0.2) is 0 Å². The van der Waals surface area contributed by atoms with E-state index in [0.29, 0.717) is 11.6 Å². The lowest BCUT2D eigenvalue weighted by molar-refractivity contribution is -0.0882. The highest BCUT2D eigenvalue weighted by Gasteiger charge is 2.46. The molecular weight excluding hydrogens is 248 g/mol. The molecule has 0 radical (unpaired) electrons. The van der Waals surface area contributed by atoms with Gasteiger partial charge < -0.3 is 10.1 Å². The van der Waals surface area contributed by atoms with Gasteiger partial charge in [0.15, 0.2) is 0 Å². The van der Waals surface area contributed by atoms with Crippen molar-refractivity contribution in [1.82, 2.24) is 10.2 Å². The molecular formula is C17H32N2O. The molecule has 2 saturated heterocycles. The number of nitrogens with zero attached hydrogens (tertiary/aromatic N) is 1. The lowest BCUT2D eigenvalue weighted by Gasteiger charge is -2.56. The Kier molecular flexibility index (Phi) is 4.40. The van der Waals surface area contributed by atoms with Crippen LogP contribution in [0.3, 0.4) is 0 Å². The third-order valence-electron chi connectivity index (χ3n) is 6.02. The lowest BCUT2D eigenvalue weighted by Crippen LogP contribution is -2.70. The van der Waals surface area contributed by atoms with Crippen LogP contribution in [0, 0.1) is 0 Å². The van der Waals surface area contributed by atoms with Gasteiger partial charge in [-0.25, -0.2) is 0 Å². The Balaban J connectivity index is 1.77. The van der Waals surface area contributed by atoms with Crippen LogP contribution in [0.2, 0.25) is 0 Å². The van der Waals surface area contributed by atoms with Gasteiger partial charge in [0.2, 0.25) is 0 Å². The zero-order valence-corrected chi connectivity index (χ0v) is 13.4. The summed E-state index contributed by atoms with van der Waals surface area (Å²) in [5, 5.41) is 3.94. The van der Waals surface area contributed by atoms with E-state index in [1.165, 1.54) is 64.5 Å². The second-order valence-electron chi connectivity index (χ2n) is 7.56. The summed E-state index contributed by atoms with van der Waals surface area (Å²) in [7, 11) is 0. The summed E-state index contributed by atoms with van der Waals surface area (Å²) in [6.45, 7) is 9.09. The second-order valence-corrected chi connectivity index (χ2v) is 7.56. The van der Waals surface area contributed by atoms with Gasteiger partial charge in [0.25, 0.3) is 0 Å². The Hall–Kier alpha value is -0.120. The molecule has 0 bridgehead atoms. The fourth-order valence-electron chi connectivity index (χ4n) is 4.66. The van der Waals surface area contributed by atoms with Crippen LogP contribution in [0.5, 0.6) is 0 Å². The summed E-state index contributed by atoms with van der Waals surface area (Å²) < 4.78 is 5.84. The molecule has 2 heterocycles. The molecule has 1 aliphatic carbocycles. The standard InChI is InChI=1S/C17H32N2O/c1-3-15-12-18-17(9-5-4-6-10-17)13-19(15)16(2)8-7-11-20-14-16/h15,18H,3-14H2,1-2H3. The van der Waals surface area contributed by atoms with Crippen molar-refractivity contribution >= 4 is 0 Å². The molecule has 3 nitrogen and oxygen atoms in total. The Morgan fingerprint density at radius 1 is 1.15 bits per heavy atom. The molecule has 2 unspecified atom stereocenters. The number of rotatable bonds is 2. The van der Waals surface area contributed by atoms with E-state index >= 15 is 0 Å². The summed E-state index contributed by atoms with van der Waals surface area (Å²) in [6, 6.07) is 0.689. The number of piperazine rings is 1. The summed E-state index contributed by atoms with van der Waals surface area (Å²) in [4.78, 5) is 2.83. The third-order valence-corrected chi connectivity index (χ3v) is 6.02. The van der Waals surface area contributed by atoms with Crippen molar-refractivity contribution in [3.63, 3.8) is 0 Å². The van der Waals surface area contributed by atoms with Crippen LogP contribution in [0.4, 0.5) is 0 Å². The van der Waals surface area contributed by atoms with Gasteiger partial charge in [-0.15, -0.1) is 0 Å². The maximum absolute atomic E-state index is 5.84. The van der Waals surface area contributed by atoms with Gasteiger partial charge >= 0.3 is 0 Å². The van der Waals surface area contributed by atoms with Crippen molar-refractivity contribution in [2.45, 2.75) is 82.3 Å². The minimum Gasteiger partial charge on any atom is -0.380 e. The molecule has 0 aromatic heterocycles. The van der Waals surface area contributed by atoms with Crippen molar-refractivity contribution in [1.29, 1.82) is 0 Å². The van der Waals surface area contributed by atoms with Crippen molar-refractivity contribution in [2.24, 2.45) is 0 Å². The topological polar surface area (TPSA) is 24.5 Å². The second kappa shape index (κ2) is 5.94. The first-order valence-corrected chi connectivity index (χ1v) is 8.77. The van der Waals surface area contributed by atoms with Crippen LogP contribution in [-0.2, 0) is 4.74 Å². The zero-order chi connectivity index (χ0) is 14.1. The van der Waals surface area contributed by atoms with Gasteiger partial charge in [0.1, 0.15) is 0 Å². The predicted octanol–water partition coefficient (Wildman–Crippen LogP) is 2.94. The molecule has 20 heavy (non-hydrogen) atoms. The number of nitrogens with one attached hydrogen (secondary N) is 1. The molecule has 3 heteroatoms. The van der Waals surface area contributed by atoms with Crippen LogP contribution in [0.1, 0.15) is 65.2 Å². The van der Waals surface area contributed by atoms with E-state index in [2.05, 4.69) is 24.1 Å². The third kappa shape index (κ3) is 2.77. The molecule has 3 aliphatic rings. The molecule has 3 rings (SSSR count). The summed E-state index contributed by atoms with van der Waals surface area (Å²) in [5.41, 5.74) is 0.676. The highest BCUT2D eigenvalue weighted by molar-refractivity contribution is 5.04. The summed E-state index contributed by atoms with van der Waals surface area (Å²) in [6.07, 6.45) is 10.8. The minimum absolute atomic E-state index is 0.269. The van der Waals surface area contributed by atoms with E-state index in [1.807, 2.05) is 0 Å². The quantitative estimate of drug-likeness (QED) is 0.841. The van der Waals surface area contributed by atoms with E-state index in [0.717, 1.165) is 13.2 Å². The van der Waals surface area contributed by atoms with Crippen molar-refractivity contribution in [2.75, 3.05) is 26.3 Å². The first kappa shape index (κ1) is 14.8. The molecule has 1 spiro atoms. The van der Waals surface area contributed by atoms with Gasteiger partial charge in [0, 0.05) is 36.8 Å². The highest BCUT2D eigenvalue weighted by atomic mass is 16.5. The molecule has 116 valence electrons. The molecule has 2 aliphatic heterocycles. The van der Waals surface area contributed by atoms with Gasteiger partial charge in [-0.2, -0.15) is 0 Å². The predicted molar refractivity (Wildman–Crippen MR) is 83.1 cm³/mol. The van der Waals surface area contributed by atoms with E-state index in [-0.39, 0.29) is 5.54 Å². The van der Waals surface area contributed by atoms with Gasteiger partial charge in [0.05, 0.1) is 6.61 Å². The maximum atomic E-state index is 5.84. The highest BCUT2D eigenvalue weighted by Crippen LogP contribution is 2.37. The normalized spacial score (nSPS) is 39.0. The first-order chi connectivity index (χ1) is 9.68. The van der Waals surface area contributed by atoms with Crippen molar-refractivity contribution < 1.29 is 4.74 Å². The maximum Gasteiger partial charge on any atom is 0.0647 e. The van der Waals surface area contributed by atoms with E-state index in [1.54, 1.807) is 0 Å². The average Bonchev–Trinajstić information content (AvgIpc) is 2.49. The number of ether oxygens (including phenoxy) is 1. The van der Waals surface area contributed by atoms with E-state index < -0.39 is 0 Å². The zero-order valence-electron chi connectivity index (χ0n) is 13.4. The molecule has 0 amide bonds. The van der Waals surface area contributed by atoms with Gasteiger partial charge in [-0.3, -0.25) is 4.90 Å². The lowest BCUT2D eigenvalue weighted by atomic mass is 9.77. The van der Waals surface area contributed by atoms with E-state index in [4.69, 9.17) is 4.74 Å². The van der Waals surface area contributed by atoms with Crippen LogP contribution < -0.4 is 5.32 Å². The Morgan fingerprint density at radius 2 is 1.95 bits per heavy atom. The Morgan fingerprint density at radius 3 is 2.60 bits per heavy atom. The monoisotopic (exact) mass is 280 g/mol. The molecule has 1 N–H and O–H groups in total. The van der Waals surface area contributed by atoms with Crippen LogP contribution in [-0.4, -0.2) is 48.3 Å².